The average molecular weight is 289 g/mol. The van der Waals surface area contributed by atoms with E-state index in [0.29, 0.717) is 18.7 Å². The van der Waals surface area contributed by atoms with Crippen LogP contribution in [0.4, 0.5) is 0 Å². The lowest BCUT2D eigenvalue weighted by Crippen LogP contribution is -2.36. The van der Waals surface area contributed by atoms with Crippen LogP contribution < -0.4 is 5.32 Å². The van der Waals surface area contributed by atoms with E-state index in [1.54, 1.807) is 17.1 Å². The molecule has 2 aromatic heterocycles. The van der Waals surface area contributed by atoms with E-state index in [9.17, 15) is 4.79 Å². The van der Waals surface area contributed by atoms with Crippen molar-refractivity contribution in [2.75, 3.05) is 13.2 Å². The lowest BCUT2D eigenvalue weighted by Gasteiger charge is -2.15. The van der Waals surface area contributed by atoms with Gasteiger partial charge >= 0.3 is 0 Å². The molecule has 3 heterocycles. The van der Waals surface area contributed by atoms with Crippen molar-refractivity contribution in [3.8, 4) is 0 Å². The molecule has 112 valence electrons. The number of ether oxygens (including phenoxy) is 1. The van der Waals surface area contributed by atoms with E-state index in [2.05, 4.69) is 20.6 Å². The van der Waals surface area contributed by atoms with Crippen molar-refractivity contribution in [1.82, 2.24) is 25.3 Å². The molecule has 1 amide bonds. The van der Waals surface area contributed by atoms with E-state index in [0.717, 1.165) is 18.7 Å². The van der Waals surface area contributed by atoms with Crippen molar-refractivity contribution in [1.29, 1.82) is 0 Å². The van der Waals surface area contributed by atoms with E-state index in [1.807, 2.05) is 19.2 Å². The van der Waals surface area contributed by atoms with Crippen molar-refractivity contribution in [3.63, 3.8) is 0 Å². The summed E-state index contributed by atoms with van der Waals surface area (Å²) in [5.74, 6) is 0.125. The fraction of sp³-hybridized carbons (Fsp3) is 0.500. The maximum atomic E-state index is 12.4. The standard InChI is InChI=1S/C14H19N5O2/c1-10(8-19-5-2-4-16-19)17-14(20)12-7-15-18-13(12)11-3-6-21-9-11/h2,4-5,7,10-11H,3,6,8-9H2,1H3,(H,15,18)(H,17,20)/t10-,11+/m1/s1. The normalized spacial score (nSPS) is 19.6. The van der Waals surface area contributed by atoms with Gasteiger partial charge in [-0.05, 0) is 19.4 Å². The fourth-order valence-corrected chi connectivity index (χ4v) is 2.59. The monoisotopic (exact) mass is 289 g/mol. The average Bonchev–Trinajstić information content (AvgIpc) is 3.20. The van der Waals surface area contributed by atoms with Gasteiger partial charge in [0.05, 0.1) is 30.6 Å². The van der Waals surface area contributed by atoms with Gasteiger partial charge in [0.15, 0.2) is 0 Å². The molecular formula is C14H19N5O2. The Morgan fingerprint density at radius 1 is 1.67 bits per heavy atom. The predicted molar refractivity (Wildman–Crippen MR) is 75.9 cm³/mol. The number of aromatic nitrogens is 4. The Balaban J connectivity index is 1.64. The lowest BCUT2D eigenvalue weighted by molar-refractivity contribution is 0.0934. The number of amides is 1. The minimum atomic E-state index is -0.106. The van der Waals surface area contributed by atoms with E-state index < -0.39 is 0 Å². The summed E-state index contributed by atoms with van der Waals surface area (Å²) in [5.41, 5.74) is 1.48. The molecule has 0 bridgehead atoms. The molecule has 2 aromatic rings. The third-order valence-electron chi connectivity index (χ3n) is 3.65. The molecule has 0 saturated carbocycles. The molecular weight excluding hydrogens is 270 g/mol. The number of nitrogens with zero attached hydrogens (tertiary/aromatic N) is 3. The second-order valence-corrected chi connectivity index (χ2v) is 5.36. The van der Waals surface area contributed by atoms with Gasteiger partial charge in [-0.25, -0.2) is 0 Å². The Bertz CT molecular complexity index is 586. The van der Waals surface area contributed by atoms with Crippen LogP contribution in [-0.2, 0) is 11.3 Å². The van der Waals surface area contributed by atoms with Gasteiger partial charge in [0.1, 0.15) is 0 Å². The highest BCUT2D eigenvalue weighted by molar-refractivity contribution is 5.95. The number of nitrogens with one attached hydrogen (secondary N) is 2. The van der Waals surface area contributed by atoms with Gasteiger partial charge in [0, 0.05) is 31.0 Å². The van der Waals surface area contributed by atoms with Crippen molar-refractivity contribution in [3.05, 3.63) is 35.9 Å². The van der Waals surface area contributed by atoms with Crippen molar-refractivity contribution < 1.29 is 9.53 Å². The van der Waals surface area contributed by atoms with Gasteiger partial charge in [0.2, 0.25) is 0 Å². The smallest absolute Gasteiger partial charge is 0.255 e. The molecule has 0 aliphatic carbocycles. The van der Waals surface area contributed by atoms with E-state index in [-0.39, 0.29) is 17.9 Å². The molecule has 21 heavy (non-hydrogen) atoms. The molecule has 1 saturated heterocycles. The fourth-order valence-electron chi connectivity index (χ4n) is 2.59. The van der Waals surface area contributed by atoms with Gasteiger partial charge < -0.3 is 10.1 Å². The molecule has 1 aliphatic heterocycles. The van der Waals surface area contributed by atoms with Crippen LogP contribution in [0.25, 0.3) is 0 Å². The zero-order valence-corrected chi connectivity index (χ0v) is 12.0. The van der Waals surface area contributed by atoms with Crippen LogP contribution in [-0.4, -0.2) is 45.1 Å². The number of rotatable bonds is 5. The van der Waals surface area contributed by atoms with E-state index in [4.69, 9.17) is 4.74 Å². The van der Waals surface area contributed by atoms with Crippen LogP contribution in [0.3, 0.4) is 0 Å². The first kappa shape index (κ1) is 13.8. The topological polar surface area (TPSA) is 84.8 Å². The van der Waals surface area contributed by atoms with Crippen molar-refractivity contribution in [2.45, 2.75) is 31.8 Å². The Labute approximate surface area is 122 Å². The summed E-state index contributed by atoms with van der Waals surface area (Å²) in [5, 5.41) is 14.1. The SMILES string of the molecule is C[C@H](Cn1cccn1)NC(=O)c1cn[nH]c1[C@H]1CCOC1. The molecule has 0 aromatic carbocycles. The first-order valence-electron chi connectivity index (χ1n) is 7.13. The molecule has 7 nitrogen and oxygen atoms in total. The van der Waals surface area contributed by atoms with Crippen LogP contribution in [0.5, 0.6) is 0 Å². The molecule has 0 spiro atoms. The van der Waals surface area contributed by atoms with E-state index in [1.165, 1.54) is 0 Å². The van der Waals surface area contributed by atoms with Gasteiger partial charge in [-0.1, -0.05) is 0 Å². The summed E-state index contributed by atoms with van der Waals surface area (Å²) in [4.78, 5) is 12.4. The molecule has 2 N–H and O–H groups in total. The first-order valence-corrected chi connectivity index (χ1v) is 7.13. The second-order valence-electron chi connectivity index (χ2n) is 5.36. The summed E-state index contributed by atoms with van der Waals surface area (Å²) in [6.07, 6.45) is 6.11. The highest BCUT2D eigenvalue weighted by Gasteiger charge is 2.25. The maximum absolute atomic E-state index is 12.4. The van der Waals surface area contributed by atoms with Crippen molar-refractivity contribution >= 4 is 5.91 Å². The Hall–Kier alpha value is -2.15. The molecule has 0 unspecified atom stereocenters. The highest BCUT2D eigenvalue weighted by atomic mass is 16.5. The first-order chi connectivity index (χ1) is 10.2. The largest absolute Gasteiger partial charge is 0.381 e. The number of carbonyl (C=O) groups excluding carboxylic acids is 1. The second kappa shape index (κ2) is 6.09. The zero-order chi connectivity index (χ0) is 14.7. The minimum Gasteiger partial charge on any atom is -0.381 e. The summed E-state index contributed by atoms with van der Waals surface area (Å²) in [7, 11) is 0. The van der Waals surface area contributed by atoms with Crippen LogP contribution in [0.2, 0.25) is 0 Å². The minimum absolute atomic E-state index is 0.0139. The summed E-state index contributed by atoms with van der Waals surface area (Å²) >= 11 is 0. The number of carbonyl (C=O) groups is 1. The zero-order valence-electron chi connectivity index (χ0n) is 12.0. The van der Waals surface area contributed by atoms with Gasteiger partial charge in [-0.3, -0.25) is 14.6 Å². The number of hydrogen-bond donors (Lipinski definition) is 2. The molecule has 0 radical (unpaired) electrons. The predicted octanol–water partition coefficient (Wildman–Crippen LogP) is 0.929. The van der Waals surface area contributed by atoms with Crippen LogP contribution in [0, 0.1) is 0 Å². The molecule has 1 aliphatic rings. The maximum Gasteiger partial charge on any atom is 0.255 e. The van der Waals surface area contributed by atoms with Gasteiger partial charge in [0.25, 0.3) is 5.91 Å². The van der Waals surface area contributed by atoms with Crippen LogP contribution in [0.15, 0.2) is 24.7 Å². The van der Waals surface area contributed by atoms with Crippen LogP contribution in [0.1, 0.15) is 35.3 Å². The lowest BCUT2D eigenvalue weighted by atomic mass is 10.0. The summed E-state index contributed by atoms with van der Waals surface area (Å²) in [6, 6.07) is 1.85. The third-order valence-corrected chi connectivity index (χ3v) is 3.65. The third kappa shape index (κ3) is 3.13. The van der Waals surface area contributed by atoms with E-state index >= 15 is 0 Å². The summed E-state index contributed by atoms with van der Waals surface area (Å²) < 4.78 is 7.17. The quantitative estimate of drug-likeness (QED) is 0.857. The number of hydrogen-bond acceptors (Lipinski definition) is 4. The molecule has 2 atom stereocenters. The number of H-pyrrole nitrogens is 1. The highest BCUT2D eigenvalue weighted by Crippen LogP contribution is 2.26. The molecule has 3 rings (SSSR count). The molecule has 1 fully saturated rings. The Kier molecular flexibility index (Phi) is 4.01. The van der Waals surface area contributed by atoms with Gasteiger partial charge in [-0.15, -0.1) is 0 Å². The van der Waals surface area contributed by atoms with Crippen molar-refractivity contribution in [2.24, 2.45) is 0 Å². The number of aromatic amines is 1. The van der Waals surface area contributed by atoms with Crippen LogP contribution >= 0.6 is 0 Å². The molecule has 7 heteroatoms. The Morgan fingerprint density at radius 3 is 3.29 bits per heavy atom. The summed E-state index contributed by atoms with van der Waals surface area (Å²) in [6.45, 7) is 3.97. The van der Waals surface area contributed by atoms with Gasteiger partial charge in [-0.2, -0.15) is 10.2 Å². The Morgan fingerprint density at radius 2 is 2.57 bits per heavy atom.